The summed E-state index contributed by atoms with van der Waals surface area (Å²) in [7, 11) is -3.43. The van der Waals surface area contributed by atoms with E-state index in [9.17, 15) is 8.42 Å². The standard InChI is InChI=1S/C15H17N3O2S/c19-21(20,11-8-13-4-2-1-3-5-13)17-14-7-10-18-15(12-14)6-9-16-18/h1-6,8-9,11,14,17H,7,10,12H2/b11-8+/t14-/m0/s1. The lowest BCUT2D eigenvalue weighted by Crippen LogP contribution is -2.39. The zero-order valence-electron chi connectivity index (χ0n) is 11.5. The summed E-state index contributed by atoms with van der Waals surface area (Å²) in [6, 6.07) is 11.2. The minimum Gasteiger partial charge on any atom is -0.269 e. The van der Waals surface area contributed by atoms with Gasteiger partial charge in [0.1, 0.15) is 0 Å². The van der Waals surface area contributed by atoms with E-state index in [2.05, 4.69) is 9.82 Å². The average Bonchev–Trinajstić information content (AvgIpc) is 2.93. The Labute approximate surface area is 124 Å². The Morgan fingerprint density at radius 3 is 2.86 bits per heavy atom. The van der Waals surface area contributed by atoms with Gasteiger partial charge in [0, 0.05) is 36.3 Å². The van der Waals surface area contributed by atoms with E-state index in [1.54, 1.807) is 12.3 Å². The van der Waals surface area contributed by atoms with Gasteiger partial charge in [0.2, 0.25) is 10.0 Å². The van der Waals surface area contributed by atoms with Gasteiger partial charge in [-0.15, -0.1) is 0 Å². The number of nitrogens with one attached hydrogen (secondary N) is 1. The number of hydrogen-bond acceptors (Lipinski definition) is 3. The second kappa shape index (κ2) is 5.83. The van der Waals surface area contributed by atoms with Gasteiger partial charge in [-0.25, -0.2) is 13.1 Å². The molecule has 0 saturated heterocycles. The van der Waals surface area contributed by atoms with E-state index in [-0.39, 0.29) is 6.04 Å². The average molecular weight is 303 g/mol. The largest absolute Gasteiger partial charge is 0.269 e. The third-order valence-corrected chi connectivity index (χ3v) is 4.68. The number of hydrogen-bond donors (Lipinski definition) is 1. The Bertz CT molecular complexity index is 735. The highest BCUT2D eigenvalue weighted by atomic mass is 32.2. The van der Waals surface area contributed by atoms with Crippen LogP contribution in [0.25, 0.3) is 6.08 Å². The third-order valence-electron chi connectivity index (χ3n) is 3.52. The molecule has 5 nitrogen and oxygen atoms in total. The quantitative estimate of drug-likeness (QED) is 0.936. The number of nitrogens with zero attached hydrogens (tertiary/aromatic N) is 2. The van der Waals surface area contributed by atoms with Crippen LogP contribution in [0.3, 0.4) is 0 Å². The second-order valence-electron chi connectivity index (χ2n) is 5.11. The van der Waals surface area contributed by atoms with Gasteiger partial charge >= 0.3 is 0 Å². The lowest BCUT2D eigenvalue weighted by atomic mass is 10.1. The maximum absolute atomic E-state index is 12.1. The molecule has 21 heavy (non-hydrogen) atoms. The molecule has 2 aromatic rings. The normalized spacial score (nSPS) is 18.8. The van der Waals surface area contributed by atoms with Crippen LogP contribution in [0, 0.1) is 0 Å². The molecule has 0 saturated carbocycles. The van der Waals surface area contributed by atoms with E-state index in [4.69, 9.17) is 0 Å². The number of fused-ring (bicyclic) bond motifs is 1. The van der Waals surface area contributed by atoms with Crippen molar-refractivity contribution in [1.29, 1.82) is 0 Å². The highest BCUT2D eigenvalue weighted by molar-refractivity contribution is 7.92. The van der Waals surface area contributed by atoms with Crippen molar-refractivity contribution >= 4 is 16.1 Å². The van der Waals surface area contributed by atoms with Gasteiger partial charge in [0.25, 0.3) is 0 Å². The van der Waals surface area contributed by atoms with Gasteiger partial charge in [0.05, 0.1) is 0 Å². The number of aromatic nitrogens is 2. The van der Waals surface area contributed by atoms with E-state index >= 15 is 0 Å². The van der Waals surface area contributed by atoms with Crippen LogP contribution in [0.2, 0.25) is 0 Å². The molecular weight excluding hydrogens is 286 g/mol. The fraction of sp³-hybridized carbons (Fsp3) is 0.267. The molecule has 110 valence electrons. The lowest BCUT2D eigenvalue weighted by Gasteiger charge is -2.23. The molecule has 1 aromatic carbocycles. The Morgan fingerprint density at radius 2 is 2.05 bits per heavy atom. The second-order valence-corrected chi connectivity index (χ2v) is 6.71. The molecule has 6 heteroatoms. The third kappa shape index (κ3) is 3.59. The van der Waals surface area contributed by atoms with Gasteiger partial charge in [-0.05, 0) is 24.1 Å². The molecule has 1 aromatic heterocycles. The van der Waals surface area contributed by atoms with Gasteiger partial charge < -0.3 is 0 Å². The van der Waals surface area contributed by atoms with E-state index in [0.717, 1.165) is 24.2 Å². The Kier molecular flexibility index (Phi) is 3.90. The molecule has 1 N–H and O–H groups in total. The van der Waals surface area contributed by atoms with Crippen LogP contribution < -0.4 is 4.72 Å². The summed E-state index contributed by atoms with van der Waals surface area (Å²) in [6.07, 6.45) is 4.79. The minimum atomic E-state index is -3.43. The van der Waals surface area contributed by atoms with Crippen LogP contribution in [-0.4, -0.2) is 24.2 Å². The van der Waals surface area contributed by atoms with E-state index in [1.807, 2.05) is 41.1 Å². The van der Waals surface area contributed by atoms with E-state index in [1.165, 1.54) is 5.41 Å². The molecule has 0 radical (unpaired) electrons. The smallest absolute Gasteiger partial charge is 0.233 e. The molecule has 0 amide bonds. The Morgan fingerprint density at radius 1 is 1.24 bits per heavy atom. The molecule has 0 unspecified atom stereocenters. The fourth-order valence-corrected chi connectivity index (χ4v) is 3.55. The number of aryl methyl sites for hydroxylation is 1. The first kappa shape index (κ1) is 14.0. The zero-order valence-corrected chi connectivity index (χ0v) is 12.3. The summed E-state index contributed by atoms with van der Waals surface area (Å²) < 4.78 is 28.9. The van der Waals surface area contributed by atoms with Crippen LogP contribution in [0.15, 0.2) is 48.0 Å². The van der Waals surface area contributed by atoms with Crippen molar-refractivity contribution < 1.29 is 8.42 Å². The molecule has 0 fully saturated rings. The maximum Gasteiger partial charge on any atom is 0.233 e. The first-order chi connectivity index (χ1) is 10.1. The van der Waals surface area contributed by atoms with Gasteiger partial charge in [-0.3, -0.25) is 4.68 Å². The fourth-order valence-electron chi connectivity index (χ4n) is 2.47. The zero-order chi connectivity index (χ0) is 14.7. The predicted octanol–water partition coefficient (Wildman–Crippen LogP) is 1.79. The summed E-state index contributed by atoms with van der Waals surface area (Å²) in [5.41, 5.74) is 1.94. The van der Waals surface area contributed by atoms with Crippen molar-refractivity contribution in [2.45, 2.75) is 25.4 Å². The summed E-state index contributed by atoms with van der Waals surface area (Å²) in [4.78, 5) is 0. The minimum absolute atomic E-state index is 0.0698. The summed E-state index contributed by atoms with van der Waals surface area (Å²) in [6.45, 7) is 0.748. The lowest BCUT2D eigenvalue weighted by molar-refractivity contribution is 0.415. The molecular formula is C15H17N3O2S. The molecule has 1 aliphatic rings. The first-order valence-corrected chi connectivity index (χ1v) is 8.43. The van der Waals surface area contributed by atoms with Gasteiger partial charge in [-0.1, -0.05) is 30.3 Å². The maximum atomic E-state index is 12.1. The predicted molar refractivity (Wildman–Crippen MR) is 81.9 cm³/mol. The topological polar surface area (TPSA) is 64.0 Å². The first-order valence-electron chi connectivity index (χ1n) is 6.88. The van der Waals surface area contributed by atoms with Crippen LogP contribution in [0.5, 0.6) is 0 Å². The van der Waals surface area contributed by atoms with E-state index in [0.29, 0.717) is 6.42 Å². The van der Waals surface area contributed by atoms with Crippen LogP contribution in [0.4, 0.5) is 0 Å². The molecule has 0 aliphatic carbocycles. The van der Waals surface area contributed by atoms with Crippen LogP contribution in [0.1, 0.15) is 17.7 Å². The van der Waals surface area contributed by atoms with Crippen molar-refractivity contribution in [3.63, 3.8) is 0 Å². The molecule has 1 atom stereocenters. The SMILES string of the molecule is O=S(=O)(/C=C/c1ccccc1)N[C@H]1CCn2nccc2C1. The highest BCUT2D eigenvalue weighted by Gasteiger charge is 2.22. The monoisotopic (exact) mass is 303 g/mol. The van der Waals surface area contributed by atoms with Crippen molar-refractivity contribution in [2.24, 2.45) is 0 Å². The summed E-state index contributed by atoms with van der Waals surface area (Å²) >= 11 is 0. The van der Waals surface area contributed by atoms with Crippen molar-refractivity contribution in [1.82, 2.24) is 14.5 Å². The molecule has 0 spiro atoms. The number of benzene rings is 1. The van der Waals surface area contributed by atoms with Crippen LogP contribution in [-0.2, 0) is 23.0 Å². The van der Waals surface area contributed by atoms with E-state index < -0.39 is 10.0 Å². The molecule has 3 rings (SSSR count). The molecule has 0 bridgehead atoms. The van der Waals surface area contributed by atoms with Crippen LogP contribution >= 0.6 is 0 Å². The highest BCUT2D eigenvalue weighted by Crippen LogP contribution is 2.15. The van der Waals surface area contributed by atoms with Crippen molar-refractivity contribution in [3.05, 3.63) is 59.3 Å². The van der Waals surface area contributed by atoms with Crippen molar-refractivity contribution in [2.75, 3.05) is 0 Å². The number of sulfonamides is 1. The van der Waals surface area contributed by atoms with Gasteiger partial charge in [0.15, 0.2) is 0 Å². The molecule has 1 aliphatic heterocycles. The molecule has 2 heterocycles. The Balaban J connectivity index is 1.66. The summed E-state index contributed by atoms with van der Waals surface area (Å²) in [5.74, 6) is 0. The summed E-state index contributed by atoms with van der Waals surface area (Å²) in [5, 5.41) is 5.42. The number of rotatable bonds is 4. The van der Waals surface area contributed by atoms with Crippen molar-refractivity contribution in [3.8, 4) is 0 Å². The Hall–Kier alpha value is -1.92. The van der Waals surface area contributed by atoms with Gasteiger partial charge in [-0.2, -0.15) is 5.10 Å².